The van der Waals surface area contributed by atoms with E-state index in [1.807, 2.05) is 31.2 Å². The fourth-order valence-electron chi connectivity index (χ4n) is 2.33. The first kappa shape index (κ1) is 17.3. The van der Waals surface area contributed by atoms with E-state index in [2.05, 4.69) is 48.7 Å². The second-order valence-corrected chi connectivity index (χ2v) is 5.75. The molecule has 1 unspecified atom stereocenters. The van der Waals surface area contributed by atoms with E-state index in [9.17, 15) is 0 Å². The summed E-state index contributed by atoms with van der Waals surface area (Å²) in [5.41, 5.74) is 3.43. The van der Waals surface area contributed by atoms with Gasteiger partial charge in [-0.3, -0.25) is 0 Å². The minimum absolute atomic E-state index is 0.139. The standard InChI is InChI=1S/C19H24N2OS/c1-4-15-10-12-16(13-11-15)14(3)20-19(23)21-17-8-6-7-9-18(17)22-5-2/h6-14H,4-5H2,1-3H3,(H2,20,21,23). The lowest BCUT2D eigenvalue weighted by molar-refractivity contribution is 0.342. The average Bonchev–Trinajstić information content (AvgIpc) is 2.57. The van der Waals surface area contributed by atoms with Crippen molar-refractivity contribution in [2.75, 3.05) is 11.9 Å². The van der Waals surface area contributed by atoms with E-state index in [0.717, 1.165) is 17.9 Å². The first-order valence-corrected chi connectivity index (χ1v) is 8.43. The Morgan fingerprint density at radius 2 is 1.78 bits per heavy atom. The Kier molecular flexibility index (Phi) is 6.41. The van der Waals surface area contributed by atoms with E-state index >= 15 is 0 Å². The van der Waals surface area contributed by atoms with Gasteiger partial charge in [0.1, 0.15) is 5.75 Å². The molecule has 2 aromatic carbocycles. The van der Waals surface area contributed by atoms with Crippen molar-refractivity contribution in [2.45, 2.75) is 33.2 Å². The molecule has 23 heavy (non-hydrogen) atoms. The molecule has 0 heterocycles. The molecule has 0 saturated heterocycles. The van der Waals surface area contributed by atoms with Crippen LogP contribution in [0, 0.1) is 0 Å². The Morgan fingerprint density at radius 3 is 2.43 bits per heavy atom. The Morgan fingerprint density at radius 1 is 1.09 bits per heavy atom. The second-order valence-electron chi connectivity index (χ2n) is 5.34. The molecule has 0 aliphatic heterocycles. The number of benzene rings is 2. The molecule has 0 bridgehead atoms. The van der Waals surface area contributed by atoms with Crippen LogP contribution < -0.4 is 15.4 Å². The third-order valence-electron chi connectivity index (χ3n) is 3.67. The third kappa shape index (κ3) is 4.96. The molecule has 0 aromatic heterocycles. The summed E-state index contributed by atoms with van der Waals surface area (Å²) in [6, 6.07) is 16.6. The monoisotopic (exact) mass is 328 g/mol. The van der Waals surface area contributed by atoms with Crippen molar-refractivity contribution in [1.29, 1.82) is 0 Å². The van der Waals surface area contributed by atoms with E-state index < -0.39 is 0 Å². The molecule has 0 radical (unpaired) electrons. The predicted molar refractivity (Wildman–Crippen MR) is 101 cm³/mol. The average molecular weight is 328 g/mol. The van der Waals surface area contributed by atoms with Crippen LogP contribution in [0.1, 0.15) is 37.9 Å². The summed E-state index contributed by atoms with van der Waals surface area (Å²) < 4.78 is 5.60. The maximum atomic E-state index is 5.60. The molecule has 2 aromatic rings. The minimum Gasteiger partial charge on any atom is -0.492 e. The van der Waals surface area contributed by atoms with Crippen molar-refractivity contribution in [2.24, 2.45) is 0 Å². The Labute approximate surface area is 144 Å². The van der Waals surface area contributed by atoms with Gasteiger partial charge in [0.05, 0.1) is 18.3 Å². The van der Waals surface area contributed by atoms with Gasteiger partial charge in [0.15, 0.2) is 5.11 Å². The van der Waals surface area contributed by atoms with Gasteiger partial charge >= 0.3 is 0 Å². The first-order chi connectivity index (χ1) is 11.1. The van der Waals surface area contributed by atoms with Crippen molar-refractivity contribution in [3.8, 4) is 5.75 Å². The largest absolute Gasteiger partial charge is 0.492 e. The smallest absolute Gasteiger partial charge is 0.171 e. The van der Waals surface area contributed by atoms with Crippen LogP contribution in [-0.4, -0.2) is 11.7 Å². The van der Waals surface area contributed by atoms with Crippen molar-refractivity contribution in [3.63, 3.8) is 0 Å². The number of nitrogens with one attached hydrogen (secondary N) is 2. The van der Waals surface area contributed by atoms with Gasteiger partial charge in [0.2, 0.25) is 0 Å². The van der Waals surface area contributed by atoms with E-state index in [1.165, 1.54) is 11.1 Å². The number of hydrogen-bond acceptors (Lipinski definition) is 2. The van der Waals surface area contributed by atoms with Gasteiger partial charge < -0.3 is 15.4 Å². The van der Waals surface area contributed by atoms with Crippen LogP contribution in [0.3, 0.4) is 0 Å². The summed E-state index contributed by atoms with van der Waals surface area (Å²) in [6.45, 7) is 6.85. The summed E-state index contributed by atoms with van der Waals surface area (Å²) in [6.07, 6.45) is 1.05. The predicted octanol–water partition coefficient (Wildman–Crippen LogP) is 4.70. The highest BCUT2D eigenvalue weighted by molar-refractivity contribution is 7.80. The molecule has 2 N–H and O–H groups in total. The van der Waals surface area contributed by atoms with Gasteiger partial charge in [-0.1, -0.05) is 43.3 Å². The molecule has 4 heteroatoms. The van der Waals surface area contributed by atoms with E-state index in [4.69, 9.17) is 17.0 Å². The molecular weight excluding hydrogens is 304 g/mol. The highest BCUT2D eigenvalue weighted by Gasteiger charge is 2.09. The molecule has 3 nitrogen and oxygen atoms in total. The highest BCUT2D eigenvalue weighted by Crippen LogP contribution is 2.24. The summed E-state index contributed by atoms with van der Waals surface area (Å²) in [5.74, 6) is 0.805. The normalized spacial score (nSPS) is 11.6. The molecule has 0 amide bonds. The van der Waals surface area contributed by atoms with Gasteiger partial charge in [0.25, 0.3) is 0 Å². The SMILES string of the molecule is CCOc1ccccc1NC(=S)NC(C)c1ccc(CC)cc1. The van der Waals surface area contributed by atoms with Crippen molar-refractivity contribution in [1.82, 2.24) is 5.32 Å². The van der Waals surface area contributed by atoms with Crippen LogP contribution in [0.15, 0.2) is 48.5 Å². The number of ether oxygens (including phenoxy) is 1. The maximum Gasteiger partial charge on any atom is 0.171 e. The van der Waals surface area contributed by atoms with Crippen LogP contribution in [0.2, 0.25) is 0 Å². The number of thiocarbonyl (C=S) groups is 1. The fourth-order valence-corrected chi connectivity index (χ4v) is 2.62. The molecule has 0 spiro atoms. The van der Waals surface area contributed by atoms with Gasteiger partial charge in [-0.15, -0.1) is 0 Å². The lowest BCUT2D eigenvalue weighted by Gasteiger charge is -2.19. The number of aryl methyl sites for hydroxylation is 1. The van der Waals surface area contributed by atoms with Gasteiger partial charge in [0, 0.05) is 0 Å². The van der Waals surface area contributed by atoms with Gasteiger partial charge in [-0.05, 0) is 55.7 Å². The first-order valence-electron chi connectivity index (χ1n) is 8.02. The van der Waals surface area contributed by atoms with Crippen LogP contribution >= 0.6 is 12.2 Å². The van der Waals surface area contributed by atoms with E-state index in [-0.39, 0.29) is 6.04 Å². The summed E-state index contributed by atoms with van der Waals surface area (Å²) >= 11 is 5.43. The Bertz CT molecular complexity index is 640. The minimum atomic E-state index is 0.139. The number of rotatable bonds is 6. The quantitative estimate of drug-likeness (QED) is 0.753. The van der Waals surface area contributed by atoms with Crippen LogP contribution in [0.5, 0.6) is 5.75 Å². The molecule has 0 aliphatic rings. The Balaban J connectivity index is 1.98. The number of anilines is 1. The fraction of sp³-hybridized carbons (Fsp3) is 0.316. The molecule has 2 rings (SSSR count). The lowest BCUT2D eigenvalue weighted by Crippen LogP contribution is -2.31. The zero-order valence-corrected chi connectivity index (χ0v) is 14.7. The third-order valence-corrected chi connectivity index (χ3v) is 3.89. The molecule has 1 atom stereocenters. The maximum absolute atomic E-state index is 5.60. The zero-order valence-electron chi connectivity index (χ0n) is 13.9. The topological polar surface area (TPSA) is 33.3 Å². The lowest BCUT2D eigenvalue weighted by atomic mass is 10.1. The van der Waals surface area contributed by atoms with Gasteiger partial charge in [-0.25, -0.2) is 0 Å². The highest BCUT2D eigenvalue weighted by atomic mass is 32.1. The zero-order chi connectivity index (χ0) is 16.7. The van der Waals surface area contributed by atoms with Gasteiger partial charge in [-0.2, -0.15) is 0 Å². The molecule has 0 fully saturated rings. The summed E-state index contributed by atoms with van der Waals surface area (Å²) in [4.78, 5) is 0. The van der Waals surface area contributed by atoms with Crippen molar-refractivity contribution in [3.05, 3.63) is 59.7 Å². The molecular formula is C19H24N2OS. The number of para-hydroxylation sites is 2. The summed E-state index contributed by atoms with van der Waals surface area (Å²) in [7, 11) is 0. The Hall–Kier alpha value is -2.07. The van der Waals surface area contributed by atoms with Crippen molar-refractivity contribution >= 4 is 23.0 Å². The van der Waals surface area contributed by atoms with E-state index in [0.29, 0.717) is 11.7 Å². The van der Waals surface area contributed by atoms with Crippen LogP contribution in [-0.2, 0) is 6.42 Å². The van der Waals surface area contributed by atoms with E-state index in [1.54, 1.807) is 0 Å². The number of hydrogen-bond donors (Lipinski definition) is 2. The molecule has 122 valence electrons. The molecule has 0 aliphatic carbocycles. The second kappa shape index (κ2) is 8.53. The molecule has 0 saturated carbocycles. The van der Waals surface area contributed by atoms with Crippen LogP contribution in [0.25, 0.3) is 0 Å². The van der Waals surface area contributed by atoms with Crippen molar-refractivity contribution < 1.29 is 4.74 Å². The summed E-state index contributed by atoms with van der Waals surface area (Å²) in [5, 5.41) is 7.12. The van der Waals surface area contributed by atoms with Crippen LogP contribution in [0.4, 0.5) is 5.69 Å².